The molecule has 10 aromatic carbocycles. The molecule has 13 heteroatoms. The van der Waals surface area contributed by atoms with Gasteiger partial charge in [-0.1, -0.05) is 175 Å². The third-order valence-corrected chi connectivity index (χ3v) is 16.4. The molecule has 0 saturated heterocycles. The van der Waals surface area contributed by atoms with Crippen LogP contribution in [0, 0.1) is 26.3 Å². The molecule has 2 aliphatic rings. The summed E-state index contributed by atoms with van der Waals surface area (Å²) in [5.74, 6) is 0.0711. The van der Waals surface area contributed by atoms with Gasteiger partial charge in [0.2, 0.25) is 0 Å². The quantitative estimate of drug-likeness (QED) is 0.161. The second-order valence-corrected chi connectivity index (χ2v) is 22.2. The summed E-state index contributed by atoms with van der Waals surface area (Å²) in [5.41, 5.74) is 15.5. The molecular weight excluding hydrogens is 1210 g/mol. The van der Waals surface area contributed by atoms with Gasteiger partial charge < -0.3 is 33.5 Å². The van der Waals surface area contributed by atoms with E-state index in [9.17, 15) is 0 Å². The van der Waals surface area contributed by atoms with E-state index in [1.165, 1.54) is 43.4 Å². The molecule has 0 amide bonds. The minimum absolute atomic E-state index is 0. The zero-order valence-corrected chi connectivity index (χ0v) is 49.4. The Kier molecular flexibility index (Phi) is 16.3. The lowest BCUT2D eigenvalue weighted by molar-refractivity contribution is 1.18. The number of para-hydroxylation sites is 6. The molecule has 5 heterocycles. The van der Waals surface area contributed by atoms with E-state index in [1.807, 2.05) is 72.8 Å². The first-order chi connectivity index (χ1) is 42.8. The van der Waals surface area contributed by atoms with Crippen molar-refractivity contribution in [3.8, 4) is 11.4 Å². The Morgan fingerprint density at radius 2 is 0.545 bits per heavy atom. The smallest absolute Gasteiger partial charge is 0.293 e. The predicted octanol–water partition coefficient (Wildman–Crippen LogP) is 20.3. The molecule has 88 heavy (non-hydrogen) atoms. The molecule has 0 radical (unpaired) electrons. The van der Waals surface area contributed by atoms with Crippen LogP contribution < -0.4 is 0 Å². The molecule has 13 aromatic rings. The maximum absolute atomic E-state index is 7.81. The number of fused-ring (bicyclic) bond motifs is 9. The van der Waals surface area contributed by atoms with Gasteiger partial charge in [-0.3, -0.25) is 0 Å². The first-order valence-corrected chi connectivity index (χ1v) is 29.3. The largest absolute Gasteiger partial charge is 0.370 e. The Bertz CT molecular complexity index is 4830. The van der Waals surface area contributed by atoms with Gasteiger partial charge in [-0.25, -0.2) is 0 Å². The number of halogens is 2. The summed E-state index contributed by atoms with van der Waals surface area (Å²) in [6.07, 6.45) is 0.822. The normalized spacial score (nSPS) is 13.1. The number of nitrogens with zero attached hydrogens (tertiary/aromatic N) is 10. The maximum atomic E-state index is 7.81. The molecule has 0 atom stereocenters. The van der Waals surface area contributed by atoms with Crippen molar-refractivity contribution in [3.63, 3.8) is 0 Å². The standard InChI is InChI=1S/C43H26N6.C19H10Br2N4.C12H9N.CH4/c1-44-42-43(45-2)47-37(29-21-25-31(26-22-29)49-40-17-9-5-13-34(40)35-14-6-10-18-41(35)49)27-36(46-42)28-19-23-30(24-20-28)48-38-15-7-3-11-32(38)33-12-4-8-16-39(33)48;1-22-18-19(23-2)25-17(13-5-9-15(21)10-6-13)11-16(24-18)12-3-7-14(20)8-4-12;1-3-7-11-9(5-1)10-6-2-4-8-12(10)13-11;/h3-26H,27H2;3-10H,11H2;1-8,13H;1H4. The van der Waals surface area contributed by atoms with Gasteiger partial charge >= 0.3 is 0 Å². The number of hydrogen-bond acceptors (Lipinski definition) is 4. The molecule has 0 bridgehead atoms. The van der Waals surface area contributed by atoms with Crippen LogP contribution in [0.25, 0.3) is 96.2 Å². The summed E-state index contributed by atoms with van der Waals surface area (Å²) in [7, 11) is 0. The second-order valence-electron chi connectivity index (χ2n) is 20.4. The van der Waals surface area contributed by atoms with E-state index in [4.69, 9.17) is 36.3 Å². The predicted molar refractivity (Wildman–Crippen MR) is 368 cm³/mol. The van der Waals surface area contributed by atoms with Crippen molar-refractivity contribution in [1.29, 1.82) is 0 Å². The summed E-state index contributed by atoms with van der Waals surface area (Å²) in [6, 6.07) is 82.5. The molecule has 418 valence electrons. The van der Waals surface area contributed by atoms with Crippen molar-refractivity contribution in [2.45, 2.75) is 20.3 Å². The molecule has 15 rings (SSSR count). The lowest BCUT2D eigenvalue weighted by Gasteiger charge is -2.10. The zero-order chi connectivity index (χ0) is 59.4. The van der Waals surface area contributed by atoms with Gasteiger partial charge in [0, 0.05) is 85.9 Å². The lowest BCUT2D eigenvalue weighted by Crippen LogP contribution is -2.10. The van der Waals surface area contributed by atoms with Crippen LogP contribution >= 0.6 is 31.9 Å². The van der Waals surface area contributed by atoms with Crippen LogP contribution in [0.2, 0.25) is 0 Å². The van der Waals surface area contributed by atoms with Gasteiger partial charge in [-0.05, 0) is 133 Å². The minimum atomic E-state index is 0. The van der Waals surface area contributed by atoms with E-state index in [1.54, 1.807) is 0 Å². The fourth-order valence-corrected chi connectivity index (χ4v) is 11.8. The van der Waals surface area contributed by atoms with E-state index in [0.29, 0.717) is 24.3 Å². The van der Waals surface area contributed by atoms with Crippen LogP contribution in [0.5, 0.6) is 0 Å². The van der Waals surface area contributed by atoms with E-state index >= 15 is 0 Å². The summed E-state index contributed by atoms with van der Waals surface area (Å²) >= 11 is 6.84. The van der Waals surface area contributed by atoms with Crippen LogP contribution in [-0.2, 0) is 0 Å². The minimum Gasteiger partial charge on any atom is -0.370 e. The summed E-state index contributed by atoms with van der Waals surface area (Å²) in [6.45, 7) is 30.3. The summed E-state index contributed by atoms with van der Waals surface area (Å²) in [5, 5.41) is 7.44. The van der Waals surface area contributed by atoms with Gasteiger partial charge in [0.15, 0.2) is 0 Å². The number of H-pyrrole nitrogens is 1. The molecule has 11 nitrogen and oxygen atoms in total. The third-order valence-electron chi connectivity index (χ3n) is 15.3. The second kappa shape index (κ2) is 25.1. The summed E-state index contributed by atoms with van der Waals surface area (Å²) < 4.78 is 6.48. The highest BCUT2D eigenvalue weighted by atomic mass is 79.9. The maximum Gasteiger partial charge on any atom is 0.293 e. The van der Waals surface area contributed by atoms with E-state index in [2.05, 4.69) is 245 Å². The Labute approximate surface area is 525 Å². The number of aromatic nitrogens is 3. The fourth-order valence-electron chi connectivity index (χ4n) is 11.2. The zero-order valence-electron chi connectivity index (χ0n) is 46.2. The average Bonchev–Trinajstić information content (AvgIpc) is 2.20. The Hall–Kier alpha value is -11.3. The van der Waals surface area contributed by atoms with Crippen LogP contribution in [0.15, 0.2) is 295 Å². The molecule has 0 saturated carbocycles. The molecule has 0 fully saturated rings. The highest BCUT2D eigenvalue weighted by molar-refractivity contribution is 9.10. The van der Waals surface area contributed by atoms with Crippen LogP contribution in [0.3, 0.4) is 0 Å². The van der Waals surface area contributed by atoms with Crippen molar-refractivity contribution in [2.75, 3.05) is 0 Å². The molecular formula is C75H49Br2N11. The van der Waals surface area contributed by atoms with E-state index < -0.39 is 0 Å². The van der Waals surface area contributed by atoms with Crippen LogP contribution in [-0.4, -0.2) is 37.0 Å². The van der Waals surface area contributed by atoms with Gasteiger partial charge in [-0.2, -0.15) is 0 Å². The lowest BCUT2D eigenvalue weighted by atomic mass is 9.99. The van der Waals surface area contributed by atoms with E-state index in [0.717, 1.165) is 76.1 Å². The average molecular weight is 1260 g/mol. The number of benzene rings is 10. The topological polar surface area (TPSA) is 92.5 Å². The van der Waals surface area contributed by atoms with Crippen molar-refractivity contribution in [3.05, 3.63) is 343 Å². The van der Waals surface area contributed by atoms with E-state index in [-0.39, 0.29) is 30.7 Å². The van der Waals surface area contributed by atoms with Crippen molar-refractivity contribution in [1.82, 2.24) is 14.1 Å². The SMILES string of the molecule is C.[C-]#[N+]C1=C([N+]#[C-])N=C(c2ccc(-n3c4ccccc4c4ccccc43)cc2)CC(c2ccc(-n3c4ccccc4c4ccccc43)cc2)=N1.[C-]#[N+]C1=C([N+]#[C-])N=C(c2ccc(Br)cc2)CC(c2ccc(Br)cc2)=N1.c1ccc2c(c1)[nH]c1ccccc12. The van der Waals surface area contributed by atoms with Gasteiger partial charge in [0.05, 0.1) is 34.9 Å². The van der Waals surface area contributed by atoms with Gasteiger partial charge in [0.1, 0.15) is 22.8 Å². The first kappa shape index (κ1) is 57.1. The Morgan fingerprint density at radius 1 is 0.307 bits per heavy atom. The van der Waals surface area contributed by atoms with Crippen molar-refractivity contribution < 1.29 is 0 Å². The highest BCUT2D eigenvalue weighted by Crippen LogP contribution is 2.35. The number of aromatic amines is 1. The highest BCUT2D eigenvalue weighted by Gasteiger charge is 2.26. The number of hydrogen-bond donors (Lipinski definition) is 1. The molecule has 3 aromatic heterocycles. The molecule has 0 aliphatic carbocycles. The monoisotopic (exact) mass is 1260 g/mol. The van der Waals surface area contributed by atoms with Crippen LogP contribution in [0.4, 0.5) is 0 Å². The Morgan fingerprint density at radius 3 is 0.818 bits per heavy atom. The van der Waals surface area contributed by atoms with Crippen LogP contribution in [0.1, 0.15) is 42.5 Å². The fraction of sp³-hybridized carbons (Fsp3) is 0.0400. The van der Waals surface area contributed by atoms with Crippen molar-refractivity contribution >= 4 is 120 Å². The Balaban J connectivity index is 0.000000159. The molecule has 0 unspecified atom stereocenters. The summed E-state index contributed by atoms with van der Waals surface area (Å²) in [4.78, 5) is 35.7. The third kappa shape index (κ3) is 11.2. The molecule has 2 aliphatic heterocycles. The number of aliphatic imine (C=N–C) groups is 4. The van der Waals surface area contributed by atoms with Gasteiger partial charge in [-0.15, -0.1) is 20.0 Å². The first-order valence-electron chi connectivity index (χ1n) is 27.7. The van der Waals surface area contributed by atoms with Crippen molar-refractivity contribution in [2.24, 2.45) is 20.0 Å². The molecule has 1 N–H and O–H groups in total. The number of rotatable bonds is 6. The molecule has 0 spiro atoms. The van der Waals surface area contributed by atoms with Gasteiger partial charge in [0.25, 0.3) is 23.3 Å². The number of nitrogens with one attached hydrogen (secondary N) is 1.